The molecule has 3 N–H and O–H groups in total. The molecule has 0 aromatic heterocycles. The van der Waals surface area contributed by atoms with Gasteiger partial charge in [-0.3, -0.25) is 10.1 Å². The maximum atomic E-state index is 11.7. The van der Waals surface area contributed by atoms with E-state index in [9.17, 15) is 9.59 Å². The summed E-state index contributed by atoms with van der Waals surface area (Å²) in [5, 5.41) is 8.16. The van der Waals surface area contributed by atoms with Gasteiger partial charge in [-0.25, -0.2) is 4.79 Å². The van der Waals surface area contributed by atoms with Gasteiger partial charge in [0.05, 0.1) is 6.04 Å². The fraction of sp³-hybridized carbons (Fsp3) is 0.846. The minimum Gasteiger partial charge on any atom is -0.338 e. The van der Waals surface area contributed by atoms with Crippen LogP contribution in [-0.2, 0) is 4.79 Å². The zero-order valence-corrected chi connectivity index (χ0v) is 11.6. The maximum Gasteiger partial charge on any atom is 0.321 e. The van der Waals surface area contributed by atoms with Crippen LogP contribution in [0.1, 0.15) is 46.5 Å². The SMILES string of the molecule is CCNC(=O)NC(=O)C(C)NC(CC)CC1CC1. The molecular weight excluding hydrogens is 230 g/mol. The first-order chi connectivity index (χ1) is 8.56. The van der Waals surface area contributed by atoms with Gasteiger partial charge in [0, 0.05) is 12.6 Å². The number of imide groups is 1. The van der Waals surface area contributed by atoms with Gasteiger partial charge < -0.3 is 10.6 Å². The van der Waals surface area contributed by atoms with E-state index in [1.807, 2.05) is 6.92 Å². The first-order valence-corrected chi connectivity index (χ1v) is 6.91. The van der Waals surface area contributed by atoms with Crippen molar-refractivity contribution in [3.63, 3.8) is 0 Å². The van der Waals surface area contributed by atoms with Crippen LogP contribution < -0.4 is 16.0 Å². The Bertz CT molecular complexity index is 290. The predicted octanol–water partition coefficient (Wildman–Crippen LogP) is 1.39. The number of rotatable bonds is 7. The Kier molecular flexibility index (Phi) is 6.12. The molecule has 2 atom stereocenters. The average molecular weight is 255 g/mol. The number of amides is 3. The van der Waals surface area contributed by atoms with Crippen molar-refractivity contribution in [3.05, 3.63) is 0 Å². The highest BCUT2D eigenvalue weighted by Crippen LogP contribution is 2.34. The molecule has 0 heterocycles. The second-order valence-electron chi connectivity index (χ2n) is 5.02. The lowest BCUT2D eigenvalue weighted by Gasteiger charge is -2.21. The Labute approximate surface area is 109 Å². The predicted molar refractivity (Wildman–Crippen MR) is 71.2 cm³/mol. The molecular formula is C13H25N3O2. The van der Waals surface area contributed by atoms with E-state index >= 15 is 0 Å². The molecule has 2 unspecified atom stereocenters. The van der Waals surface area contributed by atoms with Gasteiger partial charge >= 0.3 is 6.03 Å². The molecule has 18 heavy (non-hydrogen) atoms. The van der Waals surface area contributed by atoms with E-state index < -0.39 is 6.03 Å². The van der Waals surface area contributed by atoms with Crippen molar-refractivity contribution in [3.8, 4) is 0 Å². The van der Waals surface area contributed by atoms with E-state index in [-0.39, 0.29) is 11.9 Å². The first-order valence-electron chi connectivity index (χ1n) is 6.91. The van der Waals surface area contributed by atoms with Gasteiger partial charge in [0.1, 0.15) is 0 Å². The molecule has 5 heteroatoms. The van der Waals surface area contributed by atoms with E-state index in [4.69, 9.17) is 0 Å². The highest BCUT2D eigenvalue weighted by Gasteiger charge is 2.26. The van der Waals surface area contributed by atoms with Gasteiger partial charge in [-0.05, 0) is 32.6 Å². The quantitative estimate of drug-likeness (QED) is 0.644. The molecule has 0 aromatic rings. The highest BCUT2D eigenvalue weighted by molar-refractivity contribution is 5.96. The summed E-state index contributed by atoms with van der Waals surface area (Å²) >= 11 is 0. The summed E-state index contributed by atoms with van der Waals surface area (Å²) in [6.45, 7) is 6.24. The Morgan fingerprint density at radius 2 is 1.94 bits per heavy atom. The number of hydrogen-bond donors (Lipinski definition) is 3. The smallest absolute Gasteiger partial charge is 0.321 e. The van der Waals surface area contributed by atoms with Crippen LogP contribution in [0.25, 0.3) is 0 Å². The van der Waals surface area contributed by atoms with Crippen LogP contribution in [0.3, 0.4) is 0 Å². The van der Waals surface area contributed by atoms with Gasteiger partial charge in [-0.2, -0.15) is 0 Å². The van der Waals surface area contributed by atoms with Gasteiger partial charge in [-0.15, -0.1) is 0 Å². The summed E-state index contributed by atoms with van der Waals surface area (Å²) in [5.41, 5.74) is 0. The molecule has 0 aliphatic heterocycles. The molecule has 0 saturated heterocycles. The van der Waals surface area contributed by atoms with Crippen LogP contribution in [-0.4, -0.2) is 30.6 Å². The molecule has 5 nitrogen and oxygen atoms in total. The van der Waals surface area contributed by atoms with E-state index in [1.165, 1.54) is 12.8 Å². The fourth-order valence-electron chi connectivity index (χ4n) is 1.96. The molecule has 1 rings (SSSR count). The van der Waals surface area contributed by atoms with Crippen LogP contribution >= 0.6 is 0 Å². The minimum absolute atomic E-state index is 0.268. The Morgan fingerprint density at radius 3 is 2.44 bits per heavy atom. The molecule has 0 spiro atoms. The topological polar surface area (TPSA) is 70.2 Å². The van der Waals surface area contributed by atoms with Gasteiger partial charge in [-0.1, -0.05) is 19.8 Å². The van der Waals surface area contributed by atoms with E-state index in [0.717, 1.165) is 18.8 Å². The molecule has 1 saturated carbocycles. The van der Waals surface area contributed by atoms with Crippen LogP contribution in [0.5, 0.6) is 0 Å². The third-order valence-corrected chi connectivity index (χ3v) is 3.26. The molecule has 3 amide bonds. The summed E-state index contributed by atoms with van der Waals surface area (Å²) in [6, 6.07) is -0.393. The van der Waals surface area contributed by atoms with Crippen molar-refractivity contribution in [1.29, 1.82) is 0 Å². The lowest BCUT2D eigenvalue weighted by atomic mass is 10.1. The first kappa shape index (κ1) is 15.0. The van der Waals surface area contributed by atoms with Gasteiger partial charge in [0.15, 0.2) is 0 Å². The molecule has 0 radical (unpaired) electrons. The number of carbonyl (C=O) groups excluding carboxylic acids is 2. The third-order valence-electron chi connectivity index (χ3n) is 3.26. The maximum absolute atomic E-state index is 11.7. The molecule has 1 aliphatic rings. The lowest BCUT2D eigenvalue weighted by Crippen LogP contribution is -2.50. The van der Waals surface area contributed by atoms with E-state index in [0.29, 0.717) is 12.6 Å². The largest absolute Gasteiger partial charge is 0.338 e. The van der Waals surface area contributed by atoms with E-state index in [2.05, 4.69) is 22.9 Å². The average Bonchev–Trinajstić information content (AvgIpc) is 3.12. The summed E-state index contributed by atoms with van der Waals surface area (Å²) < 4.78 is 0. The number of nitrogens with one attached hydrogen (secondary N) is 3. The Hall–Kier alpha value is -1.10. The Morgan fingerprint density at radius 1 is 1.28 bits per heavy atom. The second kappa shape index (κ2) is 7.36. The van der Waals surface area contributed by atoms with Gasteiger partial charge in [0.2, 0.25) is 5.91 Å². The zero-order valence-electron chi connectivity index (χ0n) is 11.6. The van der Waals surface area contributed by atoms with Crippen molar-refractivity contribution in [2.24, 2.45) is 5.92 Å². The van der Waals surface area contributed by atoms with Crippen LogP contribution in [0.2, 0.25) is 0 Å². The summed E-state index contributed by atoms with van der Waals surface area (Å²) in [7, 11) is 0. The molecule has 0 bridgehead atoms. The van der Waals surface area contributed by atoms with Gasteiger partial charge in [0.25, 0.3) is 0 Å². The van der Waals surface area contributed by atoms with Crippen LogP contribution in [0.4, 0.5) is 4.79 Å². The van der Waals surface area contributed by atoms with Crippen molar-refractivity contribution in [2.75, 3.05) is 6.54 Å². The third kappa shape index (κ3) is 5.49. The fourth-order valence-corrected chi connectivity index (χ4v) is 1.96. The lowest BCUT2D eigenvalue weighted by molar-refractivity contribution is -0.121. The summed E-state index contributed by atoms with van der Waals surface area (Å²) in [4.78, 5) is 23.0. The van der Waals surface area contributed by atoms with Crippen molar-refractivity contribution >= 4 is 11.9 Å². The molecule has 0 aromatic carbocycles. The normalized spacial score (nSPS) is 17.9. The molecule has 1 fully saturated rings. The second-order valence-corrected chi connectivity index (χ2v) is 5.02. The Balaban J connectivity index is 2.30. The van der Waals surface area contributed by atoms with Crippen molar-refractivity contribution < 1.29 is 9.59 Å². The zero-order chi connectivity index (χ0) is 13.5. The monoisotopic (exact) mass is 255 g/mol. The number of hydrogen-bond acceptors (Lipinski definition) is 3. The molecule has 104 valence electrons. The molecule has 1 aliphatic carbocycles. The number of carbonyl (C=O) groups is 2. The summed E-state index contributed by atoms with van der Waals surface area (Å²) in [6.07, 6.45) is 4.78. The van der Waals surface area contributed by atoms with Crippen molar-refractivity contribution in [1.82, 2.24) is 16.0 Å². The van der Waals surface area contributed by atoms with Crippen LogP contribution in [0, 0.1) is 5.92 Å². The highest BCUT2D eigenvalue weighted by atomic mass is 16.2. The summed E-state index contributed by atoms with van der Waals surface area (Å²) in [5.74, 6) is 0.566. The minimum atomic E-state index is -0.425. The van der Waals surface area contributed by atoms with Crippen LogP contribution in [0.15, 0.2) is 0 Å². The number of urea groups is 1. The standard InChI is InChI=1S/C13H25N3O2/c1-4-11(8-10-6-7-10)15-9(3)12(17)16-13(18)14-5-2/h9-11,15H,4-8H2,1-3H3,(H2,14,16,17,18). The van der Waals surface area contributed by atoms with E-state index in [1.54, 1.807) is 6.92 Å². The van der Waals surface area contributed by atoms with Crippen molar-refractivity contribution in [2.45, 2.75) is 58.5 Å².